The van der Waals surface area contributed by atoms with Crippen LogP contribution in [0.1, 0.15) is 44.5 Å². The standard InChI is InChI=1S/C50H30S/c1-2-14-32(15-3-1)49-39-21-7-4-16-34(39)36-20-13-26-44(48(36)49)50(42-24-10-9-23-41(42)49)40-22-8-5-18-37(40)47-33(19-12-25-43(47)50)31-28-29-46-38(30-31)35-17-6-11-27-45(35)51-46/h1-30H. The van der Waals surface area contributed by atoms with E-state index >= 15 is 0 Å². The van der Waals surface area contributed by atoms with Gasteiger partial charge in [-0.3, -0.25) is 0 Å². The summed E-state index contributed by atoms with van der Waals surface area (Å²) in [6.07, 6.45) is 0. The molecular weight excluding hydrogens is 633 g/mol. The van der Waals surface area contributed by atoms with Gasteiger partial charge in [0.25, 0.3) is 0 Å². The average Bonchev–Trinajstić information content (AvgIpc) is 3.83. The highest BCUT2D eigenvalue weighted by Gasteiger charge is 2.59. The Morgan fingerprint density at radius 2 is 0.902 bits per heavy atom. The minimum Gasteiger partial charge on any atom is -0.135 e. The number of fused-ring (bicyclic) bond motifs is 15. The zero-order valence-corrected chi connectivity index (χ0v) is 28.5. The molecule has 1 aromatic heterocycles. The van der Waals surface area contributed by atoms with E-state index < -0.39 is 10.8 Å². The van der Waals surface area contributed by atoms with Crippen LogP contribution in [0, 0.1) is 0 Å². The Morgan fingerprint density at radius 3 is 1.73 bits per heavy atom. The van der Waals surface area contributed by atoms with Crippen LogP contribution >= 0.6 is 11.3 Å². The molecule has 236 valence electrons. The molecule has 3 aliphatic rings. The molecule has 0 saturated heterocycles. The molecule has 0 aliphatic heterocycles. The van der Waals surface area contributed by atoms with E-state index in [4.69, 9.17) is 0 Å². The third-order valence-electron chi connectivity index (χ3n) is 12.2. The highest BCUT2D eigenvalue weighted by molar-refractivity contribution is 7.25. The van der Waals surface area contributed by atoms with Gasteiger partial charge in [0.05, 0.1) is 10.8 Å². The lowest BCUT2D eigenvalue weighted by molar-refractivity contribution is 0.636. The van der Waals surface area contributed by atoms with Gasteiger partial charge >= 0.3 is 0 Å². The highest BCUT2D eigenvalue weighted by Crippen LogP contribution is 2.69. The molecule has 1 heterocycles. The molecule has 0 amide bonds. The van der Waals surface area contributed by atoms with Gasteiger partial charge in [-0.15, -0.1) is 11.3 Å². The lowest BCUT2D eigenvalue weighted by atomic mass is 9.52. The summed E-state index contributed by atoms with van der Waals surface area (Å²) in [6, 6.07) is 69.1. The van der Waals surface area contributed by atoms with Crippen LogP contribution in [0.5, 0.6) is 0 Å². The molecule has 9 aromatic rings. The van der Waals surface area contributed by atoms with Gasteiger partial charge in [0.1, 0.15) is 0 Å². The first-order valence-electron chi connectivity index (χ1n) is 17.9. The summed E-state index contributed by atoms with van der Waals surface area (Å²) in [4.78, 5) is 0. The van der Waals surface area contributed by atoms with Gasteiger partial charge < -0.3 is 0 Å². The van der Waals surface area contributed by atoms with Gasteiger partial charge in [0.15, 0.2) is 0 Å². The number of rotatable bonds is 2. The summed E-state index contributed by atoms with van der Waals surface area (Å²) >= 11 is 1.88. The van der Waals surface area contributed by atoms with Crippen molar-refractivity contribution in [2.75, 3.05) is 0 Å². The molecule has 1 spiro atoms. The summed E-state index contributed by atoms with van der Waals surface area (Å²) in [7, 11) is 0. The van der Waals surface area contributed by atoms with Crippen molar-refractivity contribution < 1.29 is 0 Å². The number of hydrogen-bond acceptors (Lipinski definition) is 1. The summed E-state index contributed by atoms with van der Waals surface area (Å²) in [5.74, 6) is 0. The predicted octanol–water partition coefficient (Wildman–Crippen LogP) is 12.8. The molecular formula is C50H30S. The lowest BCUT2D eigenvalue weighted by Gasteiger charge is -2.48. The van der Waals surface area contributed by atoms with Crippen LogP contribution in [0.2, 0.25) is 0 Å². The molecule has 0 nitrogen and oxygen atoms in total. The van der Waals surface area contributed by atoms with Gasteiger partial charge in [0.2, 0.25) is 0 Å². The molecule has 0 fully saturated rings. The molecule has 3 aliphatic carbocycles. The Bertz CT molecular complexity index is 2930. The molecule has 0 saturated carbocycles. The molecule has 51 heavy (non-hydrogen) atoms. The van der Waals surface area contributed by atoms with E-state index in [9.17, 15) is 0 Å². The maximum absolute atomic E-state index is 2.44. The minimum absolute atomic E-state index is 0.425. The molecule has 8 aromatic carbocycles. The van der Waals surface area contributed by atoms with Crippen molar-refractivity contribution in [3.63, 3.8) is 0 Å². The molecule has 0 radical (unpaired) electrons. The van der Waals surface area contributed by atoms with Crippen molar-refractivity contribution in [3.8, 4) is 33.4 Å². The maximum atomic E-state index is 2.44. The second kappa shape index (κ2) is 9.82. The first kappa shape index (κ1) is 27.8. The van der Waals surface area contributed by atoms with E-state index in [2.05, 4.69) is 182 Å². The largest absolute Gasteiger partial charge is 0.135 e. The van der Waals surface area contributed by atoms with Crippen LogP contribution in [-0.2, 0) is 10.8 Å². The van der Waals surface area contributed by atoms with Gasteiger partial charge in [-0.25, -0.2) is 0 Å². The minimum atomic E-state index is -0.483. The summed E-state index contributed by atoms with van der Waals surface area (Å²) in [6.45, 7) is 0. The van der Waals surface area contributed by atoms with Gasteiger partial charge in [0, 0.05) is 20.2 Å². The Hall–Kier alpha value is -6.02. The Balaban J connectivity index is 1.23. The quantitative estimate of drug-likeness (QED) is 0.173. The first-order valence-corrected chi connectivity index (χ1v) is 18.7. The summed E-state index contributed by atoms with van der Waals surface area (Å²) in [5, 5.41) is 2.67. The van der Waals surface area contributed by atoms with Crippen molar-refractivity contribution in [1.82, 2.24) is 0 Å². The SMILES string of the molecule is c1ccc(C23c4ccccc4-c4cccc(c42)C2(c4ccccc4-c4c(-c5ccc6sc7ccccc7c6c5)cccc42)c2ccccc23)cc1. The van der Waals surface area contributed by atoms with E-state index in [0.29, 0.717) is 0 Å². The third-order valence-corrected chi connectivity index (χ3v) is 13.3. The molecule has 2 atom stereocenters. The van der Waals surface area contributed by atoms with Gasteiger partial charge in [-0.1, -0.05) is 164 Å². The van der Waals surface area contributed by atoms with Crippen molar-refractivity contribution in [2.45, 2.75) is 10.8 Å². The topological polar surface area (TPSA) is 0 Å². The second-order valence-corrected chi connectivity index (χ2v) is 15.4. The van der Waals surface area contributed by atoms with E-state index in [1.807, 2.05) is 11.3 Å². The fourth-order valence-corrected chi connectivity index (χ4v) is 11.5. The van der Waals surface area contributed by atoms with Crippen molar-refractivity contribution in [2.24, 2.45) is 0 Å². The number of thiophene rings is 1. The Morgan fingerprint density at radius 1 is 0.333 bits per heavy atom. The van der Waals surface area contributed by atoms with Crippen LogP contribution in [0.15, 0.2) is 182 Å². The smallest absolute Gasteiger partial charge is 0.0720 e. The predicted molar refractivity (Wildman–Crippen MR) is 213 cm³/mol. The molecule has 0 bridgehead atoms. The summed E-state index contributed by atoms with van der Waals surface area (Å²) in [5.41, 5.74) is 18.0. The van der Waals surface area contributed by atoms with Crippen LogP contribution < -0.4 is 0 Å². The fourth-order valence-electron chi connectivity index (χ4n) is 10.4. The summed E-state index contributed by atoms with van der Waals surface area (Å²) < 4.78 is 2.68. The van der Waals surface area contributed by atoms with Crippen molar-refractivity contribution >= 4 is 31.5 Å². The van der Waals surface area contributed by atoms with E-state index in [0.717, 1.165) is 0 Å². The number of benzene rings is 8. The third kappa shape index (κ3) is 3.23. The first-order chi connectivity index (χ1) is 25.3. The average molecular weight is 663 g/mol. The van der Waals surface area contributed by atoms with Crippen molar-refractivity contribution in [3.05, 3.63) is 226 Å². The Labute approximate surface area is 300 Å². The van der Waals surface area contributed by atoms with E-state index in [1.165, 1.54) is 98.1 Å². The van der Waals surface area contributed by atoms with Crippen LogP contribution in [-0.4, -0.2) is 0 Å². The van der Waals surface area contributed by atoms with Gasteiger partial charge in [-0.2, -0.15) is 0 Å². The van der Waals surface area contributed by atoms with E-state index in [1.54, 1.807) is 0 Å². The van der Waals surface area contributed by atoms with Crippen LogP contribution in [0.3, 0.4) is 0 Å². The van der Waals surface area contributed by atoms with Crippen LogP contribution in [0.4, 0.5) is 0 Å². The second-order valence-electron chi connectivity index (χ2n) is 14.3. The maximum Gasteiger partial charge on any atom is 0.0720 e. The van der Waals surface area contributed by atoms with Gasteiger partial charge in [-0.05, 0) is 96.1 Å². The molecule has 0 N–H and O–H groups in total. The molecule has 2 unspecified atom stereocenters. The molecule has 12 rings (SSSR count). The van der Waals surface area contributed by atoms with Crippen molar-refractivity contribution in [1.29, 1.82) is 0 Å². The van der Waals surface area contributed by atoms with E-state index in [-0.39, 0.29) is 0 Å². The Kier molecular flexibility index (Phi) is 5.34. The van der Waals surface area contributed by atoms with Crippen LogP contribution in [0.25, 0.3) is 53.6 Å². The fraction of sp³-hybridized carbons (Fsp3) is 0.0400. The zero-order valence-electron chi connectivity index (χ0n) is 27.7. The highest BCUT2D eigenvalue weighted by atomic mass is 32.1. The zero-order chi connectivity index (χ0) is 33.3. The monoisotopic (exact) mass is 662 g/mol. The molecule has 1 heteroatoms. The lowest BCUT2D eigenvalue weighted by Crippen LogP contribution is -2.43. The number of hydrogen-bond donors (Lipinski definition) is 0. The normalized spacial score (nSPS) is 18.7.